The van der Waals surface area contributed by atoms with Crippen LogP contribution in [0.3, 0.4) is 0 Å². The third-order valence-electron chi connectivity index (χ3n) is 4.95. The molecule has 0 radical (unpaired) electrons. The number of furan rings is 1. The molecule has 0 amide bonds. The first-order chi connectivity index (χ1) is 16.4. The van der Waals surface area contributed by atoms with E-state index in [0.29, 0.717) is 32.7 Å². The molecule has 0 saturated carbocycles. The molecule has 4 rings (SSSR count). The minimum absolute atomic E-state index is 0.0109. The summed E-state index contributed by atoms with van der Waals surface area (Å²) in [5.74, 6) is -0.0667. The van der Waals surface area contributed by atoms with Crippen molar-refractivity contribution in [3.8, 4) is 11.3 Å². The van der Waals surface area contributed by atoms with E-state index in [9.17, 15) is 20.0 Å². The second-order valence-electron chi connectivity index (χ2n) is 7.27. The number of nitrogens with zero attached hydrogens (tertiary/aromatic N) is 2. The zero-order valence-electron chi connectivity index (χ0n) is 18.3. The number of non-ortho nitro benzene ring substituents is 1. The number of benzene rings is 2. The third kappa shape index (κ3) is 4.79. The summed E-state index contributed by atoms with van der Waals surface area (Å²) >= 11 is 1.12. The summed E-state index contributed by atoms with van der Waals surface area (Å²) in [7, 11) is 0. The first-order valence-corrected chi connectivity index (χ1v) is 11.2. The van der Waals surface area contributed by atoms with E-state index in [1.807, 2.05) is 25.1 Å². The normalized spacial score (nSPS) is 15.8. The Hall–Kier alpha value is -4.11. The standard InChI is InChI=1S/C25H20N2O6S/c1-3-32-25(29)22-23(28)21(34-24(22)26-16-7-5-4-6-8-16)14-18-11-12-20(33-18)19-13-17(27(30)31)10-9-15(19)2/h4-14,28H,3H2,1-2H3/b21-14-,26-24?. The summed E-state index contributed by atoms with van der Waals surface area (Å²) in [6.07, 6.45) is 1.59. The lowest BCUT2D eigenvalue weighted by molar-refractivity contribution is -0.384. The van der Waals surface area contributed by atoms with Gasteiger partial charge in [-0.2, -0.15) is 0 Å². The number of ether oxygens (including phenoxy) is 1. The van der Waals surface area contributed by atoms with Crippen molar-refractivity contribution >= 4 is 40.2 Å². The minimum atomic E-state index is -0.669. The third-order valence-corrected chi connectivity index (χ3v) is 5.97. The van der Waals surface area contributed by atoms with Crippen LogP contribution in [0.25, 0.3) is 17.4 Å². The highest BCUT2D eigenvalue weighted by atomic mass is 32.2. The molecule has 1 aliphatic heterocycles. The molecule has 1 aromatic heterocycles. The fourth-order valence-corrected chi connectivity index (χ4v) is 4.32. The molecule has 9 heteroatoms. The van der Waals surface area contributed by atoms with Crippen LogP contribution in [0.1, 0.15) is 18.2 Å². The van der Waals surface area contributed by atoms with Crippen molar-refractivity contribution in [2.45, 2.75) is 13.8 Å². The number of carbonyl (C=O) groups is 1. The molecule has 8 nitrogen and oxygen atoms in total. The summed E-state index contributed by atoms with van der Waals surface area (Å²) in [5.41, 5.74) is 1.99. The molecule has 0 fully saturated rings. The zero-order chi connectivity index (χ0) is 24.2. The topological polar surface area (TPSA) is 115 Å². The maximum atomic E-state index is 12.5. The van der Waals surface area contributed by atoms with Crippen LogP contribution >= 0.6 is 11.8 Å². The second kappa shape index (κ2) is 9.80. The van der Waals surface area contributed by atoms with Gasteiger partial charge in [-0.3, -0.25) is 10.1 Å². The van der Waals surface area contributed by atoms with E-state index < -0.39 is 10.9 Å². The molecule has 0 unspecified atom stereocenters. The number of aliphatic hydroxyl groups is 1. The van der Waals surface area contributed by atoms with Gasteiger partial charge >= 0.3 is 5.97 Å². The van der Waals surface area contributed by atoms with Crippen molar-refractivity contribution in [3.05, 3.63) is 98.3 Å². The van der Waals surface area contributed by atoms with Crippen LogP contribution < -0.4 is 0 Å². The van der Waals surface area contributed by atoms with Crippen molar-refractivity contribution in [1.82, 2.24) is 0 Å². The van der Waals surface area contributed by atoms with Crippen LogP contribution in [-0.2, 0) is 9.53 Å². The monoisotopic (exact) mass is 476 g/mol. The number of thioether (sulfide) groups is 1. The lowest BCUT2D eigenvalue weighted by Crippen LogP contribution is -2.12. The van der Waals surface area contributed by atoms with Crippen molar-refractivity contribution in [2.24, 2.45) is 4.99 Å². The molecular weight excluding hydrogens is 456 g/mol. The van der Waals surface area contributed by atoms with Crippen LogP contribution in [0.2, 0.25) is 0 Å². The average Bonchev–Trinajstić information content (AvgIpc) is 3.39. The molecule has 3 aromatic rings. The first-order valence-electron chi connectivity index (χ1n) is 10.4. The van der Waals surface area contributed by atoms with Gasteiger partial charge in [-0.1, -0.05) is 36.0 Å². The number of hydrogen-bond donors (Lipinski definition) is 1. The van der Waals surface area contributed by atoms with E-state index in [4.69, 9.17) is 9.15 Å². The summed E-state index contributed by atoms with van der Waals surface area (Å²) in [5, 5.41) is 22.3. The van der Waals surface area contributed by atoms with Crippen LogP contribution in [0.15, 0.2) is 86.3 Å². The second-order valence-corrected chi connectivity index (χ2v) is 8.30. The molecule has 2 aromatic carbocycles. The molecule has 0 spiro atoms. The summed E-state index contributed by atoms with van der Waals surface area (Å²) in [6.45, 7) is 3.67. The van der Waals surface area contributed by atoms with Gasteiger partial charge < -0.3 is 14.3 Å². The van der Waals surface area contributed by atoms with Gasteiger partial charge in [-0.05, 0) is 49.8 Å². The van der Waals surface area contributed by atoms with Gasteiger partial charge in [-0.25, -0.2) is 9.79 Å². The van der Waals surface area contributed by atoms with Crippen molar-refractivity contribution in [2.75, 3.05) is 6.61 Å². The number of aryl methyl sites for hydroxylation is 1. The van der Waals surface area contributed by atoms with Crippen molar-refractivity contribution in [1.29, 1.82) is 0 Å². The molecule has 0 atom stereocenters. The molecule has 0 saturated heterocycles. The first kappa shape index (κ1) is 23.1. The van der Waals surface area contributed by atoms with Gasteiger partial charge in [-0.15, -0.1) is 0 Å². The maximum absolute atomic E-state index is 12.5. The lowest BCUT2D eigenvalue weighted by atomic mass is 10.1. The largest absolute Gasteiger partial charge is 0.506 e. The van der Waals surface area contributed by atoms with E-state index in [0.717, 1.165) is 17.3 Å². The Morgan fingerprint density at radius 3 is 2.68 bits per heavy atom. The highest BCUT2D eigenvalue weighted by Crippen LogP contribution is 2.41. The van der Waals surface area contributed by atoms with E-state index in [-0.39, 0.29) is 23.6 Å². The van der Waals surface area contributed by atoms with Crippen LogP contribution in [0.5, 0.6) is 0 Å². The Labute approximate surface area is 199 Å². The Bertz CT molecular complexity index is 1350. The number of rotatable bonds is 6. The number of para-hydroxylation sites is 1. The van der Waals surface area contributed by atoms with E-state index in [1.54, 1.807) is 43.3 Å². The van der Waals surface area contributed by atoms with Gasteiger partial charge in [0.1, 0.15) is 27.9 Å². The molecule has 172 valence electrons. The van der Waals surface area contributed by atoms with Gasteiger partial charge in [0, 0.05) is 17.7 Å². The summed E-state index contributed by atoms with van der Waals surface area (Å²) < 4.78 is 11.0. The van der Waals surface area contributed by atoms with Crippen molar-refractivity contribution < 1.29 is 24.0 Å². The Morgan fingerprint density at radius 1 is 1.21 bits per heavy atom. The average molecular weight is 477 g/mol. The predicted molar refractivity (Wildman–Crippen MR) is 131 cm³/mol. The predicted octanol–water partition coefficient (Wildman–Crippen LogP) is 6.36. The smallest absolute Gasteiger partial charge is 0.344 e. The SMILES string of the molecule is CCOC(=O)C1=C(O)/C(=C/c2ccc(-c3cc([N+](=O)[O-])ccc3C)o2)SC1=Nc1ccccc1. The zero-order valence-corrected chi connectivity index (χ0v) is 19.2. The number of esters is 1. The fraction of sp³-hybridized carbons (Fsp3) is 0.120. The van der Waals surface area contributed by atoms with Crippen molar-refractivity contribution in [3.63, 3.8) is 0 Å². The molecule has 2 heterocycles. The Balaban J connectivity index is 1.70. The van der Waals surface area contributed by atoms with E-state index in [2.05, 4.69) is 4.99 Å². The highest BCUT2D eigenvalue weighted by Gasteiger charge is 2.33. The number of hydrogen-bond acceptors (Lipinski definition) is 8. The molecule has 0 bridgehead atoms. The Morgan fingerprint density at radius 2 is 1.97 bits per heavy atom. The molecule has 1 N–H and O–H groups in total. The Kier molecular flexibility index (Phi) is 6.65. The van der Waals surface area contributed by atoms with Gasteiger partial charge in [0.15, 0.2) is 0 Å². The number of aliphatic hydroxyl groups excluding tert-OH is 1. The quantitative estimate of drug-likeness (QED) is 0.250. The molecule has 0 aliphatic carbocycles. The number of nitro benzene ring substituents is 1. The molecular formula is C25H20N2O6S. The number of carbonyl (C=O) groups excluding carboxylic acids is 1. The summed E-state index contributed by atoms with van der Waals surface area (Å²) in [4.78, 5) is 28.1. The van der Waals surface area contributed by atoms with E-state index in [1.165, 1.54) is 12.1 Å². The summed E-state index contributed by atoms with van der Waals surface area (Å²) in [6, 6.07) is 17.0. The fourth-order valence-electron chi connectivity index (χ4n) is 3.30. The molecule has 1 aliphatic rings. The number of nitro groups is 1. The van der Waals surface area contributed by atoms with E-state index >= 15 is 0 Å². The van der Waals surface area contributed by atoms with Crippen LogP contribution in [-0.4, -0.2) is 27.6 Å². The van der Waals surface area contributed by atoms with Gasteiger partial charge in [0.2, 0.25) is 0 Å². The molecule has 34 heavy (non-hydrogen) atoms. The minimum Gasteiger partial charge on any atom is -0.506 e. The number of aliphatic imine (C=N–C) groups is 1. The lowest BCUT2D eigenvalue weighted by Gasteiger charge is -2.03. The van der Waals surface area contributed by atoms with Crippen LogP contribution in [0, 0.1) is 17.0 Å². The van der Waals surface area contributed by atoms with Crippen LogP contribution in [0.4, 0.5) is 11.4 Å². The van der Waals surface area contributed by atoms with Gasteiger partial charge in [0.25, 0.3) is 5.69 Å². The maximum Gasteiger partial charge on any atom is 0.344 e. The van der Waals surface area contributed by atoms with Gasteiger partial charge in [0.05, 0.1) is 22.1 Å². The highest BCUT2D eigenvalue weighted by molar-refractivity contribution is 8.18.